The number of hydrogen-bond donors (Lipinski definition) is 1. The summed E-state index contributed by atoms with van der Waals surface area (Å²) >= 11 is 0. The molecule has 2 N–H and O–H groups in total. The molecule has 1 rings (SSSR count). The maximum Gasteiger partial charge on any atom is 0.141 e. The van der Waals surface area contributed by atoms with E-state index in [-0.39, 0.29) is 17.7 Å². The van der Waals surface area contributed by atoms with Crippen LogP contribution in [0.25, 0.3) is 0 Å². The van der Waals surface area contributed by atoms with Gasteiger partial charge in [0.1, 0.15) is 5.78 Å². The predicted molar refractivity (Wildman–Crippen MR) is 45.1 cm³/mol. The van der Waals surface area contributed by atoms with Crippen molar-refractivity contribution in [3.63, 3.8) is 0 Å². The summed E-state index contributed by atoms with van der Waals surface area (Å²) in [5.41, 5.74) is 5.76. The van der Waals surface area contributed by atoms with Gasteiger partial charge in [-0.05, 0) is 12.8 Å². The van der Waals surface area contributed by atoms with Crippen molar-refractivity contribution in [1.82, 2.24) is 0 Å². The van der Waals surface area contributed by atoms with Gasteiger partial charge in [-0.3, -0.25) is 4.79 Å². The number of rotatable bonds is 3. The van der Waals surface area contributed by atoms with Crippen molar-refractivity contribution in [2.24, 2.45) is 11.7 Å². The monoisotopic (exact) mass is 153 g/mol. The molecular formula is C9H15NO. The molecule has 0 radical (unpaired) electrons. The first-order valence-electron chi connectivity index (χ1n) is 4.15. The SMILES string of the molecule is C=CCC(=O)[C@H]1CCC[C@H]1N. The largest absolute Gasteiger partial charge is 0.327 e. The topological polar surface area (TPSA) is 43.1 Å². The fraction of sp³-hybridized carbons (Fsp3) is 0.667. The summed E-state index contributed by atoms with van der Waals surface area (Å²) in [5, 5.41) is 0. The van der Waals surface area contributed by atoms with E-state index in [4.69, 9.17) is 5.73 Å². The van der Waals surface area contributed by atoms with Crippen LogP contribution in [-0.4, -0.2) is 11.8 Å². The maximum absolute atomic E-state index is 11.3. The van der Waals surface area contributed by atoms with E-state index in [1.807, 2.05) is 0 Å². The lowest BCUT2D eigenvalue weighted by Crippen LogP contribution is -2.30. The van der Waals surface area contributed by atoms with Crippen molar-refractivity contribution in [3.8, 4) is 0 Å². The van der Waals surface area contributed by atoms with Crippen molar-refractivity contribution < 1.29 is 4.79 Å². The van der Waals surface area contributed by atoms with E-state index in [1.54, 1.807) is 6.08 Å². The second-order valence-corrected chi connectivity index (χ2v) is 3.16. The van der Waals surface area contributed by atoms with Gasteiger partial charge in [0, 0.05) is 18.4 Å². The van der Waals surface area contributed by atoms with Gasteiger partial charge in [-0.15, -0.1) is 6.58 Å². The summed E-state index contributed by atoms with van der Waals surface area (Å²) in [6.07, 6.45) is 5.24. The number of allylic oxidation sites excluding steroid dienone is 1. The van der Waals surface area contributed by atoms with Gasteiger partial charge in [-0.2, -0.15) is 0 Å². The van der Waals surface area contributed by atoms with E-state index in [0.29, 0.717) is 6.42 Å². The van der Waals surface area contributed by atoms with E-state index < -0.39 is 0 Å². The van der Waals surface area contributed by atoms with E-state index in [0.717, 1.165) is 19.3 Å². The first-order chi connectivity index (χ1) is 5.25. The number of nitrogens with two attached hydrogens (primary N) is 1. The smallest absolute Gasteiger partial charge is 0.141 e. The van der Waals surface area contributed by atoms with Crippen LogP contribution >= 0.6 is 0 Å². The van der Waals surface area contributed by atoms with E-state index in [1.165, 1.54) is 0 Å². The predicted octanol–water partition coefficient (Wildman–Crippen LogP) is 1.26. The highest BCUT2D eigenvalue weighted by Crippen LogP contribution is 2.25. The molecule has 1 aliphatic rings. The highest BCUT2D eigenvalue weighted by atomic mass is 16.1. The van der Waals surface area contributed by atoms with Gasteiger partial charge in [0.2, 0.25) is 0 Å². The minimum absolute atomic E-state index is 0.113. The van der Waals surface area contributed by atoms with Crippen LogP contribution in [0.2, 0.25) is 0 Å². The Morgan fingerprint density at radius 2 is 2.36 bits per heavy atom. The number of carbonyl (C=O) groups is 1. The molecule has 2 heteroatoms. The van der Waals surface area contributed by atoms with Crippen molar-refractivity contribution in [1.29, 1.82) is 0 Å². The van der Waals surface area contributed by atoms with Gasteiger partial charge < -0.3 is 5.73 Å². The van der Waals surface area contributed by atoms with E-state index >= 15 is 0 Å². The van der Waals surface area contributed by atoms with Crippen LogP contribution in [0.3, 0.4) is 0 Å². The molecule has 0 saturated heterocycles. The van der Waals surface area contributed by atoms with Crippen molar-refractivity contribution >= 4 is 5.78 Å². The molecule has 0 unspecified atom stereocenters. The molecule has 0 bridgehead atoms. The van der Waals surface area contributed by atoms with Crippen molar-refractivity contribution in [3.05, 3.63) is 12.7 Å². The Hall–Kier alpha value is -0.630. The number of Topliss-reactive ketones (excluding diaryl/α,β-unsaturated/α-hetero) is 1. The number of hydrogen-bond acceptors (Lipinski definition) is 2. The molecule has 11 heavy (non-hydrogen) atoms. The number of ketones is 1. The van der Waals surface area contributed by atoms with Crippen molar-refractivity contribution in [2.75, 3.05) is 0 Å². The zero-order chi connectivity index (χ0) is 8.27. The van der Waals surface area contributed by atoms with Gasteiger partial charge >= 0.3 is 0 Å². The normalized spacial score (nSPS) is 30.3. The molecule has 0 aromatic carbocycles. The quantitative estimate of drug-likeness (QED) is 0.620. The second kappa shape index (κ2) is 3.67. The van der Waals surface area contributed by atoms with Gasteiger partial charge in [0.05, 0.1) is 0 Å². The Morgan fingerprint density at radius 1 is 1.64 bits per heavy atom. The molecule has 62 valence electrons. The molecular weight excluding hydrogens is 138 g/mol. The summed E-state index contributed by atoms with van der Waals surface area (Å²) < 4.78 is 0. The van der Waals surface area contributed by atoms with E-state index in [9.17, 15) is 4.79 Å². The summed E-state index contributed by atoms with van der Waals surface area (Å²) in [6.45, 7) is 3.54. The van der Waals surface area contributed by atoms with Crippen LogP contribution in [0.1, 0.15) is 25.7 Å². The lowest BCUT2D eigenvalue weighted by Gasteiger charge is -2.11. The molecule has 0 spiro atoms. The molecule has 1 fully saturated rings. The van der Waals surface area contributed by atoms with Crippen LogP contribution < -0.4 is 5.73 Å². The number of carbonyl (C=O) groups excluding carboxylic acids is 1. The molecule has 1 aliphatic carbocycles. The fourth-order valence-corrected chi connectivity index (χ4v) is 1.68. The Balaban J connectivity index is 2.45. The second-order valence-electron chi connectivity index (χ2n) is 3.16. The first kappa shape index (κ1) is 8.47. The molecule has 2 nitrogen and oxygen atoms in total. The van der Waals surface area contributed by atoms with Crippen LogP contribution in [0, 0.1) is 5.92 Å². The standard InChI is InChI=1S/C9H15NO/c1-2-4-9(11)7-5-3-6-8(7)10/h2,7-8H,1,3-6,10H2/t7-,8+/m0/s1. The zero-order valence-corrected chi connectivity index (χ0v) is 6.75. The minimum atomic E-state index is 0.113. The highest BCUT2D eigenvalue weighted by Gasteiger charge is 2.28. The van der Waals surface area contributed by atoms with Gasteiger partial charge in [-0.1, -0.05) is 12.5 Å². The molecule has 1 saturated carbocycles. The van der Waals surface area contributed by atoms with Gasteiger partial charge in [-0.25, -0.2) is 0 Å². The van der Waals surface area contributed by atoms with E-state index in [2.05, 4.69) is 6.58 Å². The zero-order valence-electron chi connectivity index (χ0n) is 6.75. The van der Waals surface area contributed by atoms with Crippen LogP contribution in [0.5, 0.6) is 0 Å². The average molecular weight is 153 g/mol. The Morgan fingerprint density at radius 3 is 2.82 bits per heavy atom. The summed E-state index contributed by atoms with van der Waals surface area (Å²) in [5.74, 6) is 0.387. The first-order valence-corrected chi connectivity index (χ1v) is 4.15. The Labute approximate surface area is 67.5 Å². The highest BCUT2D eigenvalue weighted by molar-refractivity contribution is 5.83. The third-order valence-corrected chi connectivity index (χ3v) is 2.33. The fourth-order valence-electron chi connectivity index (χ4n) is 1.68. The third-order valence-electron chi connectivity index (χ3n) is 2.33. The lowest BCUT2D eigenvalue weighted by atomic mass is 9.97. The van der Waals surface area contributed by atoms with Gasteiger partial charge in [0.15, 0.2) is 0 Å². The molecule has 0 aliphatic heterocycles. The van der Waals surface area contributed by atoms with Gasteiger partial charge in [0.25, 0.3) is 0 Å². The third kappa shape index (κ3) is 1.90. The van der Waals surface area contributed by atoms with Crippen molar-refractivity contribution in [2.45, 2.75) is 31.7 Å². The van der Waals surface area contributed by atoms with Crippen LogP contribution in [0.15, 0.2) is 12.7 Å². The molecule has 0 heterocycles. The van der Waals surface area contributed by atoms with Crippen LogP contribution in [-0.2, 0) is 4.79 Å². The lowest BCUT2D eigenvalue weighted by molar-refractivity contribution is -0.122. The summed E-state index contributed by atoms with van der Waals surface area (Å²) in [7, 11) is 0. The molecule has 2 atom stereocenters. The molecule has 0 amide bonds. The minimum Gasteiger partial charge on any atom is -0.327 e. The Kier molecular flexibility index (Phi) is 2.83. The average Bonchev–Trinajstić information content (AvgIpc) is 2.36. The maximum atomic E-state index is 11.3. The molecule has 0 aromatic heterocycles. The Bertz CT molecular complexity index is 165. The molecule has 0 aromatic rings. The summed E-state index contributed by atoms with van der Waals surface area (Å²) in [4.78, 5) is 11.3. The van der Waals surface area contributed by atoms with Crippen LogP contribution in [0.4, 0.5) is 0 Å². The summed E-state index contributed by atoms with van der Waals surface area (Å²) in [6, 6.07) is 0.113.